The Hall–Kier alpha value is -3.80. The molecule has 0 saturated carbocycles. The maximum atomic E-state index is 13.3. The normalized spacial score (nSPS) is 10.8. The van der Waals surface area contributed by atoms with Crippen molar-refractivity contribution in [2.45, 2.75) is 6.42 Å². The van der Waals surface area contributed by atoms with Gasteiger partial charge >= 0.3 is 0 Å². The van der Waals surface area contributed by atoms with Crippen LogP contribution in [0.3, 0.4) is 0 Å². The Labute approximate surface area is 161 Å². The average molecular weight is 371 g/mol. The van der Waals surface area contributed by atoms with Crippen LogP contribution in [0.4, 0.5) is 0 Å². The van der Waals surface area contributed by atoms with E-state index >= 15 is 0 Å². The number of benzene rings is 2. The Bertz CT molecular complexity index is 1220. The van der Waals surface area contributed by atoms with Crippen LogP contribution in [0, 0.1) is 0 Å². The predicted octanol–water partition coefficient (Wildman–Crippen LogP) is 3.21. The third-order valence-electron chi connectivity index (χ3n) is 4.49. The summed E-state index contributed by atoms with van der Waals surface area (Å²) >= 11 is 0. The monoisotopic (exact) mass is 371 g/mol. The van der Waals surface area contributed by atoms with E-state index in [9.17, 15) is 9.59 Å². The van der Waals surface area contributed by atoms with Crippen LogP contribution in [-0.4, -0.2) is 27.4 Å². The van der Waals surface area contributed by atoms with Crippen molar-refractivity contribution < 1.29 is 9.53 Å². The zero-order valence-corrected chi connectivity index (χ0v) is 15.2. The summed E-state index contributed by atoms with van der Waals surface area (Å²) in [6.07, 6.45) is 3.10. The van der Waals surface area contributed by atoms with Gasteiger partial charge < -0.3 is 4.74 Å². The molecule has 0 N–H and O–H groups in total. The lowest BCUT2D eigenvalue weighted by Crippen LogP contribution is -2.26. The number of rotatable bonds is 5. The molecule has 0 radical (unpaired) electrons. The fourth-order valence-electron chi connectivity index (χ4n) is 3.14. The van der Waals surface area contributed by atoms with Crippen LogP contribution in [0.1, 0.15) is 16.2 Å². The van der Waals surface area contributed by atoms with Crippen LogP contribution in [0.2, 0.25) is 0 Å². The predicted molar refractivity (Wildman–Crippen MR) is 106 cm³/mol. The minimum atomic E-state index is -0.243. The van der Waals surface area contributed by atoms with Crippen LogP contribution < -0.4 is 10.3 Å². The molecule has 6 heteroatoms. The average Bonchev–Trinajstić information content (AvgIpc) is 2.75. The molecule has 2 heterocycles. The maximum Gasteiger partial charge on any atom is 0.266 e. The molecule has 6 nitrogen and oxygen atoms in total. The highest BCUT2D eigenvalue weighted by Gasteiger charge is 2.18. The number of para-hydroxylation sites is 3. The number of ketones is 1. The van der Waals surface area contributed by atoms with E-state index in [1.807, 2.05) is 18.2 Å². The quantitative estimate of drug-likeness (QED) is 0.504. The Morgan fingerprint density at radius 1 is 1.00 bits per heavy atom. The molecule has 0 spiro atoms. The molecule has 0 fully saturated rings. The Morgan fingerprint density at radius 3 is 2.50 bits per heavy atom. The second kappa shape index (κ2) is 7.44. The standard InChI is InChI=1S/C22H17N3O3/c1-28-20-9-5-4-8-18(20)25-21(14-19(26)15-10-12-23-13-11-15)24-17-7-3-2-6-16(17)22(25)27/h2-13H,14H2,1H3. The molecule has 0 saturated heterocycles. The van der Waals surface area contributed by atoms with Crippen molar-refractivity contribution in [3.8, 4) is 11.4 Å². The number of Topliss-reactive ketones (excluding diaryl/α,β-unsaturated/α-hetero) is 1. The number of hydrogen-bond donors (Lipinski definition) is 0. The van der Waals surface area contributed by atoms with Gasteiger partial charge in [-0.1, -0.05) is 24.3 Å². The number of aromatic nitrogens is 3. The van der Waals surface area contributed by atoms with E-state index in [1.54, 1.807) is 62.0 Å². The largest absolute Gasteiger partial charge is 0.495 e. The summed E-state index contributed by atoms with van der Waals surface area (Å²) in [6, 6.07) is 17.6. The summed E-state index contributed by atoms with van der Waals surface area (Å²) < 4.78 is 6.89. The number of carbonyl (C=O) groups excluding carboxylic acids is 1. The smallest absolute Gasteiger partial charge is 0.266 e. The molecule has 0 amide bonds. The third kappa shape index (κ3) is 3.16. The second-order valence-electron chi connectivity index (χ2n) is 6.19. The number of pyridine rings is 1. The van der Waals surface area contributed by atoms with Crippen LogP contribution in [0.15, 0.2) is 77.9 Å². The van der Waals surface area contributed by atoms with Gasteiger partial charge in [0.15, 0.2) is 5.78 Å². The molecule has 2 aromatic heterocycles. The SMILES string of the molecule is COc1ccccc1-n1c(CC(=O)c2ccncc2)nc2ccccc2c1=O. The minimum absolute atomic E-state index is 0.0257. The summed E-state index contributed by atoms with van der Waals surface area (Å²) in [4.78, 5) is 34.6. The number of carbonyl (C=O) groups is 1. The first kappa shape index (κ1) is 17.6. The summed E-state index contributed by atoms with van der Waals surface area (Å²) in [7, 11) is 1.54. The summed E-state index contributed by atoms with van der Waals surface area (Å²) in [5.41, 5.74) is 1.37. The number of hydrogen-bond acceptors (Lipinski definition) is 5. The number of ether oxygens (including phenoxy) is 1. The van der Waals surface area contributed by atoms with E-state index < -0.39 is 0 Å². The molecule has 4 rings (SSSR count). The first-order valence-corrected chi connectivity index (χ1v) is 8.76. The zero-order chi connectivity index (χ0) is 19.5. The lowest BCUT2D eigenvalue weighted by atomic mass is 10.1. The van der Waals surface area contributed by atoms with Gasteiger partial charge in [0.1, 0.15) is 11.6 Å². The van der Waals surface area contributed by atoms with E-state index in [0.717, 1.165) is 0 Å². The molecule has 138 valence electrons. The van der Waals surface area contributed by atoms with E-state index in [0.29, 0.717) is 33.7 Å². The maximum absolute atomic E-state index is 13.3. The topological polar surface area (TPSA) is 74.1 Å². The highest BCUT2D eigenvalue weighted by atomic mass is 16.5. The number of nitrogens with zero attached hydrogens (tertiary/aromatic N) is 3. The fourth-order valence-corrected chi connectivity index (χ4v) is 3.14. The lowest BCUT2D eigenvalue weighted by Gasteiger charge is -2.16. The van der Waals surface area contributed by atoms with Crippen LogP contribution in [0.5, 0.6) is 5.75 Å². The van der Waals surface area contributed by atoms with E-state index in [2.05, 4.69) is 9.97 Å². The van der Waals surface area contributed by atoms with Crippen molar-refractivity contribution in [3.63, 3.8) is 0 Å². The molecule has 4 aromatic rings. The van der Waals surface area contributed by atoms with Gasteiger partial charge in [-0.3, -0.25) is 19.1 Å². The lowest BCUT2D eigenvalue weighted by molar-refractivity contribution is 0.0990. The summed E-state index contributed by atoms with van der Waals surface area (Å²) in [5, 5.41) is 0.480. The molecule has 0 aliphatic heterocycles. The van der Waals surface area contributed by atoms with Gasteiger partial charge in [-0.05, 0) is 36.4 Å². The van der Waals surface area contributed by atoms with Crippen molar-refractivity contribution >= 4 is 16.7 Å². The van der Waals surface area contributed by atoms with E-state index in [-0.39, 0.29) is 17.8 Å². The van der Waals surface area contributed by atoms with Crippen molar-refractivity contribution in [2.24, 2.45) is 0 Å². The summed E-state index contributed by atoms with van der Waals surface area (Å²) in [6.45, 7) is 0. The fraction of sp³-hybridized carbons (Fsp3) is 0.0909. The highest BCUT2D eigenvalue weighted by molar-refractivity contribution is 5.97. The highest BCUT2D eigenvalue weighted by Crippen LogP contribution is 2.23. The first-order valence-electron chi connectivity index (χ1n) is 8.76. The van der Waals surface area contributed by atoms with E-state index in [1.165, 1.54) is 4.57 Å². The van der Waals surface area contributed by atoms with Gasteiger partial charge in [0.25, 0.3) is 5.56 Å². The Kier molecular flexibility index (Phi) is 4.68. The van der Waals surface area contributed by atoms with Crippen molar-refractivity contribution in [2.75, 3.05) is 7.11 Å². The van der Waals surface area contributed by atoms with Crippen LogP contribution in [-0.2, 0) is 6.42 Å². The zero-order valence-electron chi connectivity index (χ0n) is 15.2. The van der Waals surface area contributed by atoms with Gasteiger partial charge in [0, 0.05) is 18.0 Å². The number of fused-ring (bicyclic) bond motifs is 1. The molecule has 0 atom stereocenters. The van der Waals surface area contributed by atoms with Gasteiger partial charge in [0.2, 0.25) is 0 Å². The number of methoxy groups -OCH3 is 1. The molecule has 2 aromatic carbocycles. The summed E-state index contributed by atoms with van der Waals surface area (Å²) in [5.74, 6) is 0.738. The molecule has 0 aliphatic rings. The Balaban J connectivity index is 1.94. The third-order valence-corrected chi connectivity index (χ3v) is 4.49. The van der Waals surface area contributed by atoms with Gasteiger partial charge in [-0.15, -0.1) is 0 Å². The molecule has 0 aliphatic carbocycles. The molecular formula is C22H17N3O3. The molecule has 0 bridgehead atoms. The first-order chi connectivity index (χ1) is 13.7. The van der Waals surface area contributed by atoms with Gasteiger partial charge in [-0.25, -0.2) is 4.98 Å². The second-order valence-corrected chi connectivity index (χ2v) is 6.19. The molecule has 0 unspecified atom stereocenters. The van der Waals surface area contributed by atoms with Crippen molar-refractivity contribution in [3.05, 3.63) is 94.8 Å². The van der Waals surface area contributed by atoms with Crippen LogP contribution >= 0.6 is 0 Å². The molecular weight excluding hydrogens is 354 g/mol. The minimum Gasteiger partial charge on any atom is -0.495 e. The van der Waals surface area contributed by atoms with Crippen molar-refractivity contribution in [1.82, 2.24) is 14.5 Å². The van der Waals surface area contributed by atoms with E-state index in [4.69, 9.17) is 4.74 Å². The molecule has 28 heavy (non-hydrogen) atoms. The van der Waals surface area contributed by atoms with Gasteiger partial charge in [0.05, 0.1) is 30.1 Å². The Morgan fingerprint density at radius 2 is 1.71 bits per heavy atom. The van der Waals surface area contributed by atoms with Crippen molar-refractivity contribution in [1.29, 1.82) is 0 Å². The van der Waals surface area contributed by atoms with Gasteiger partial charge in [-0.2, -0.15) is 0 Å². The van der Waals surface area contributed by atoms with Crippen LogP contribution in [0.25, 0.3) is 16.6 Å².